The predicted molar refractivity (Wildman–Crippen MR) is 247 cm³/mol. The highest BCUT2D eigenvalue weighted by atomic mass is 16.6. The fourth-order valence-corrected chi connectivity index (χ4v) is 6.99. The number of allylic oxidation sites excluding steroid dienone is 6. The van der Waals surface area contributed by atoms with Gasteiger partial charge in [-0.2, -0.15) is 0 Å². The SMILES string of the molecule is CCCC/C=C\CCCCCCCC(=O)OC(COC(=O)CCCCCC/C=C\CCCC)COC(=O)CCCCCCCCC/C=C\CCCCCCCCCC. The number of esters is 3. The molecule has 0 amide bonds. The maximum atomic E-state index is 12.7. The Morgan fingerprint density at radius 3 is 0.914 bits per heavy atom. The normalized spacial score (nSPS) is 12.3. The number of hydrogen-bond donors (Lipinski definition) is 0. The van der Waals surface area contributed by atoms with E-state index in [0.717, 1.165) is 89.9 Å². The lowest BCUT2D eigenvalue weighted by Crippen LogP contribution is -2.30. The van der Waals surface area contributed by atoms with Gasteiger partial charge in [-0.15, -0.1) is 0 Å². The van der Waals surface area contributed by atoms with Crippen molar-refractivity contribution in [2.45, 2.75) is 264 Å². The smallest absolute Gasteiger partial charge is 0.306 e. The van der Waals surface area contributed by atoms with E-state index in [-0.39, 0.29) is 31.1 Å². The number of carbonyl (C=O) groups is 3. The lowest BCUT2D eigenvalue weighted by molar-refractivity contribution is -0.167. The molecule has 0 saturated carbocycles. The van der Waals surface area contributed by atoms with Crippen LogP contribution in [-0.2, 0) is 28.6 Å². The lowest BCUT2D eigenvalue weighted by atomic mass is 10.1. The molecule has 0 spiro atoms. The molecule has 0 saturated heterocycles. The minimum absolute atomic E-state index is 0.0804. The van der Waals surface area contributed by atoms with Crippen LogP contribution in [0.5, 0.6) is 0 Å². The van der Waals surface area contributed by atoms with Crippen molar-refractivity contribution in [2.24, 2.45) is 0 Å². The average molecular weight is 815 g/mol. The molecule has 1 unspecified atom stereocenters. The molecule has 0 N–H and O–H groups in total. The minimum Gasteiger partial charge on any atom is -0.462 e. The summed E-state index contributed by atoms with van der Waals surface area (Å²) in [6.07, 6.45) is 54.2. The molecule has 0 aromatic carbocycles. The van der Waals surface area contributed by atoms with E-state index >= 15 is 0 Å². The standard InChI is InChI=1S/C52H94O6/c1-4-7-10-13-16-19-22-23-24-25-26-27-28-29-31-33-36-39-42-45-51(54)57-48-49(47-56-50(53)44-41-38-35-32-21-18-15-12-9-6-3)58-52(55)46-43-40-37-34-30-20-17-14-11-8-5-2/h14-15,17-18,25-26,49H,4-13,16,19-24,27-48H2,1-3H3/b17-14-,18-15-,26-25-. The molecule has 6 nitrogen and oxygen atoms in total. The quantitative estimate of drug-likeness (QED) is 0.0264. The summed E-state index contributed by atoms with van der Waals surface area (Å²) in [7, 11) is 0. The van der Waals surface area contributed by atoms with Gasteiger partial charge in [-0.3, -0.25) is 14.4 Å². The molecular weight excluding hydrogens is 721 g/mol. The monoisotopic (exact) mass is 815 g/mol. The van der Waals surface area contributed by atoms with Crippen molar-refractivity contribution in [1.82, 2.24) is 0 Å². The Balaban J connectivity index is 4.29. The summed E-state index contributed by atoms with van der Waals surface area (Å²) in [4.78, 5) is 37.8. The van der Waals surface area contributed by atoms with E-state index in [1.807, 2.05) is 0 Å². The summed E-state index contributed by atoms with van der Waals surface area (Å²) < 4.78 is 16.7. The van der Waals surface area contributed by atoms with Crippen molar-refractivity contribution >= 4 is 17.9 Å². The van der Waals surface area contributed by atoms with E-state index in [9.17, 15) is 14.4 Å². The molecule has 0 aromatic rings. The Bertz CT molecular complexity index is 984. The molecule has 0 aliphatic carbocycles. The van der Waals surface area contributed by atoms with Crippen molar-refractivity contribution < 1.29 is 28.6 Å². The van der Waals surface area contributed by atoms with Gasteiger partial charge in [-0.05, 0) is 83.5 Å². The summed E-state index contributed by atoms with van der Waals surface area (Å²) in [6.45, 7) is 6.54. The first kappa shape index (κ1) is 55.6. The first-order valence-electron chi connectivity index (χ1n) is 25.0. The molecular formula is C52H94O6. The summed E-state index contributed by atoms with van der Waals surface area (Å²) in [5.74, 6) is -0.904. The fraction of sp³-hybridized carbons (Fsp3) is 0.827. The second-order valence-corrected chi connectivity index (χ2v) is 16.7. The summed E-state index contributed by atoms with van der Waals surface area (Å²) in [5, 5.41) is 0. The summed E-state index contributed by atoms with van der Waals surface area (Å²) in [5.41, 5.74) is 0. The molecule has 0 rings (SSSR count). The van der Waals surface area contributed by atoms with Gasteiger partial charge >= 0.3 is 17.9 Å². The zero-order chi connectivity index (χ0) is 42.3. The van der Waals surface area contributed by atoms with Gasteiger partial charge in [0.05, 0.1) is 0 Å². The topological polar surface area (TPSA) is 78.9 Å². The van der Waals surface area contributed by atoms with Crippen LogP contribution in [0.1, 0.15) is 258 Å². The molecule has 0 aliphatic heterocycles. The van der Waals surface area contributed by atoms with E-state index in [0.29, 0.717) is 19.3 Å². The molecule has 0 fully saturated rings. The number of rotatable bonds is 45. The first-order valence-corrected chi connectivity index (χ1v) is 25.0. The third-order valence-electron chi connectivity index (χ3n) is 10.8. The molecule has 0 aromatic heterocycles. The van der Waals surface area contributed by atoms with Crippen molar-refractivity contribution in [1.29, 1.82) is 0 Å². The van der Waals surface area contributed by atoms with Crippen LogP contribution < -0.4 is 0 Å². The lowest BCUT2D eigenvalue weighted by Gasteiger charge is -2.18. The highest BCUT2D eigenvalue weighted by molar-refractivity contribution is 5.71. The van der Waals surface area contributed by atoms with Crippen LogP contribution >= 0.6 is 0 Å². The van der Waals surface area contributed by atoms with Gasteiger partial charge in [0.1, 0.15) is 13.2 Å². The van der Waals surface area contributed by atoms with Crippen LogP contribution in [0.2, 0.25) is 0 Å². The van der Waals surface area contributed by atoms with Gasteiger partial charge in [-0.25, -0.2) is 0 Å². The van der Waals surface area contributed by atoms with E-state index in [4.69, 9.17) is 14.2 Å². The number of unbranched alkanes of at least 4 members (excludes halogenated alkanes) is 28. The van der Waals surface area contributed by atoms with Gasteiger partial charge in [-0.1, -0.05) is 192 Å². The van der Waals surface area contributed by atoms with Gasteiger partial charge in [0.25, 0.3) is 0 Å². The van der Waals surface area contributed by atoms with Crippen LogP contribution in [0.3, 0.4) is 0 Å². The van der Waals surface area contributed by atoms with Crippen LogP contribution in [0.25, 0.3) is 0 Å². The average Bonchev–Trinajstić information content (AvgIpc) is 3.22. The minimum atomic E-state index is -0.778. The fourth-order valence-electron chi connectivity index (χ4n) is 6.99. The maximum absolute atomic E-state index is 12.7. The first-order chi connectivity index (χ1) is 28.5. The summed E-state index contributed by atoms with van der Waals surface area (Å²) in [6, 6.07) is 0. The molecule has 1 atom stereocenters. The van der Waals surface area contributed by atoms with Crippen LogP contribution in [0.4, 0.5) is 0 Å². The van der Waals surface area contributed by atoms with Crippen LogP contribution in [-0.4, -0.2) is 37.2 Å². The van der Waals surface area contributed by atoms with Crippen LogP contribution in [0.15, 0.2) is 36.5 Å². The zero-order valence-electron chi connectivity index (χ0n) is 38.6. The van der Waals surface area contributed by atoms with Gasteiger partial charge in [0.15, 0.2) is 6.10 Å². The molecule has 0 bridgehead atoms. The van der Waals surface area contributed by atoms with Crippen molar-refractivity contribution in [3.05, 3.63) is 36.5 Å². The summed E-state index contributed by atoms with van der Waals surface area (Å²) >= 11 is 0. The van der Waals surface area contributed by atoms with E-state index < -0.39 is 6.10 Å². The third kappa shape index (κ3) is 44.7. The van der Waals surface area contributed by atoms with E-state index in [1.165, 1.54) is 128 Å². The molecule has 58 heavy (non-hydrogen) atoms. The third-order valence-corrected chi connectivity index (χ3v) is 10.8. The number of hydrogen-bond acceptors (Lipinski definition) is 6. The zero-order valence-corrected chi connectivity index (χ0v) is 38.6. The Morgan fingerprint density at radius 2 is 0.586 bits per heavy atom. The predicted octanol–water partition coefficient (Wildman–Crippen LogP) is 16.1. The van der Waals surface area contributed by atoms with Crippen molar-refractivity contribution in [3.8, 4) is 0 Å². The second-order valence-electron chi connectivity index (χ2n) is 16.7. The molecule has 338 valence electrons. The van der Waals surface area contributed by atoms with Gasteiger partial charge < -0.3 is 14.2 Å². The van der Waals surface area contributed by atoms with E-state index in [2.05, 4.69) is 57.2 Å². The Kier molecular flexibility index (Phi) is 45.4. The second kappa shape index (κ2) is 47.3. The number of ether oxygens (including phenoxy) is 3. The Morgan fingerprint density at radius 1 is 0.328 bits per heavy atom. The highest BCUT2D eigenvalue weighted by Gasteiger charge is 2.19. The van der Waals surface area contributed by atoms with Crippen LogP contribution in [0, 0.1) is 0 Å². The van der Waals surface area contributed by atoms with E-state index in [1.54, 1.807) is 0 Å². The Hall–Kier alpha value is -2.37. The largest absolute Gasteiger partial charge is 0.462 e. The van der Waals surface area contributed by atoms with Gasteiger partial charge in [0.2, 0.25) is 0 Å². The molecule has 0 heterocycles. The van der Waals surface area contributed by atoms with Crippen molar-refractivity contribution in [2.75, 3.05) is 13.2 Å². The molecule has 6 heteroatoms. The highest BCUT2D eigenvalue weighted by Crippen LogP contribution is 2.14. The maximum Gasteiger partial charge on any atom is 0.306 e. The number of carbonyl (C=O) groups excluding carboxylic acids is 3. The molecule has 0 aliphatic rings. The van der Waals surface area contributed by atoms with Gasteiger partial charge in [0, 0.05) is 19.3 Å². The van der Waals surface area contributed by atoms with Crippen molar-refractivity contribution in [3.63, 3.8) is 0 Å². The molecule has 0 radical (unpaired) electrons. The Labute approximate surface area is 359 Å².